The van der Waals surface area contributed by atoms with Crippen LogP contribution >= 0.6 is 11.3 Å². The molecule has 0 radical (unpaired) electrons. The Morgan fingerprint density at radius 2 is 1.59 bits per heavy atom. The molecular formula is C21H19N3O4S. The summed E-state index contributed by atoms with van der Waals surface area (Å²) in [6.45, 7) is 2.73. The van der Waals surface area contributed by atoms with Crippen LogP contribution in [0.5, 0.6) is 0 Å². The SMILES string of the molecule is CC(=O)Nc1cc(NC(C)=O)cc(C(=O)OCc2csc(-c3ccccc3)n2)c1. The number of carbonyl (C=O) groups is 3. The fraction of sp³-hybridized carbons (Fsp3) is 0.143. The number of aromatic nitrogens is 1. The van der Waals surface area contributed by atoms with Crippen molar-refractivity contribution in [3.63, 3.8) is 0 Å². The molecule has 3 rings (SSSR count). The summed E-state index contributed by atoms with van der Waals surface area (Å²) in [5, 5.41) is 7.88. The second-order valence-electron chi connectivity index (χ2n) is 6.25. The van der Waals surface area contributed by atoms with E-state index in [-0.39, 0.29) is 24.0 Å². The Morgan fingerprint density at radius 3 is 2.17 bits per heavy atom. The average molecular weight is 409 g/mol. The number of benzene rings is 2. The van der Waals surface area contributed by atoms with Crippen LogP contribution in [0.3, 0.4) is 0 Å². The summed E-state index contributed by atoms with van der Waals surface area (Å²) in [6, 6.07) is 14.3. The first kappa shape index (κ1) is 20.2. The highest BCUT2D eigenvalue weighted by Gasteiger charge is 2.13. The number of anilines is 2. The van der Waals surface area contributed by atoms with E-state index in [1.54, 1.807) is 6.07 Å². The molecule has 1 aromatic heterocycles. The van der Waals surface area contributed by atoms with Gasteiger partial charge in [-0.3, -0.25) is 9.59 Å². The maximum absolute atomic E-state index is 12.5. The molecule has 0 saturated carbocycles. The maximum atomic E-state index is 12.5. The normalized spacial score (nSPS) is 10.3. The first-order valence-corrected chi connectivity index (χ1v) is 9.66. The fourth-order valence-corrected chi connectivity index (χ4v) is 3.42. The van der Waals surface area contributed by atoms with Gasteiger partial charge < -0.3 is 15.4 Å². The molecule has 0 atom stereocenters. The van der Waals surface area contributed by atoms with Gasteiger partial charge in [0.1, 0.15) is 11.6 Å². The van der Waals surface area contributed by atoms with Gasteiger partial charge in [-0.15, -0.1) is 11.3 Å². The number of esters is 1. The Labute approximate surface area is 171 Å². The van der Waals surface area contributed by atoms with Gasteiger partial charge in [-0.25, -0.2) is 9.78 Å². The van der Waals surface area contributed by atoms with Gasteiger partial charge in [0.25, 0.3) is 0 Å². The molecule has 3 aromatic rings. The number of amides is 2. The van der Waals surface area contributed by atoms with Crippen molar-refractivity contribution in [3.8, 4) is 10.6 Å². The summed E-state index contributed by atoms with van der Waals surface area (Å²) >= 11 is 1.47. The van der Waals surface area contributed by atoms with E-state index >= 15 is 0 Å². The Kier molecular flexibility index (Phi) is 6.36. The van der Waals surface area contributed by atoms with Gasteiger partial charge in [0, 0.05) is 36.2 Å². The Morgan fingerprint density at radius 1 is 0.966 bits per heavy atom. The lowest BCUT2D eigenvalue weighted by molar-refractivity contribution is -0.115. The summed E-state index contributed by atoms with van der Waals surface area (Å²) in [5.41, 5.74) is 2.62. The highest BCUT2D eigenvalue weighted by Crippen LogP contribution is 2.24. The zero-order valence-electron chi connectivity index (χ0n) is 15.9. The van der Waals surface area contributed by atoms with Crippen LogP contribution in [0.2, 0.25) is 0 Å². The standard InChI is InChI=1S/C21H19N3O4S/c1-13(25)22-17-8-16(9-18(10-17)23-14(2)26)21(27)28-11-19-12-29-20(24-19)15-6-4-3-5-7-15/h3-10,12H,11H2,1-2H3,(H,22,25)(H,23,26). The molecule has 0 fully saturated rings. The summed E-state index contributed by atoms with van der Waals surface area (Å²) < 4.78 is 5.36. The Bertz CT molecular complexity index is 1010. The van der Waals surface area contributed by atoms with Gasteiger partial charge in [-0.1, -0.05) is 30.3 Å². The number of carbonyl (C=O) groups excluding carboxylic acids is 3. The van der Waals surface area contributed by atoms with E-state index in [1.165, 1.54) is 37.3 Å². The van der Waals surface area contributed by atoms with Crippen molar-refractivity contribution >= 4 is 40.5 Å². The van der Waals surface area contributed by atoms with Crippen molar-refractivity contribution in [2.24, 2.45) is 0 Å². The van der Waals surface area contributed by atoms with E-state index in [9.17, 15) is 14.4 Å². The van der Waals surface area contributed by atoms with Gasteiger partial charge in [0.2, 0.25) is 11.8 Å². The zero-order valence-corrected chi connectivity index (χ0v) is 16.7. The topological polar surface area (TPSA) is 97.4 Å². The monoisotopic (exact) mass is 409 g/mol. The lowest BCUT2D eigenvalue weighted by Crippen LogP contribution is -2.12. The lowest BCUT2D eigenvalue weighted by Gasteiger charge is -2.10. The van der Waals surface area contributed by atoms with Crippen molar-refractivity contribution < 1.29 is 19.1 Å². The fourth-order valence-electron chi connectivity index (χ4n) is 2.61. The second kappa shape index (κ2) is 9.11. The van der Waals surface area contributed by atoms with Gasteiger partial charge in [0.05, 0.1) is 11.3 Å². The molecule has 0 saturated heterocycles. The molecule has 0 aliphatic rings. The molecule has 0 spiro atoms. The van der Waals surface area contributed by atoms with Crippen molar-refractivity contribution in [1.82, 2.24) is 4.98 Å². The molecule has 0 bridgehead atoms. The molecule has 2 N–H and O–H groups in total. The zero-order chi connectivity index (χ0) is 20.8. The third kappa shape index (κ3) is 5.73. The van der Waals surface area contributed by atoms with E-state index in [4.69, 9.17) is 4.74 Å². The van der Waals surface area contributed by atoms with Crippen LogP contribution in [-0.4, -0.2) is 22.8 Å². The summed E-state index contributed by atoms with van der Waals surface area (Å²) in [5.74, 6) is -1.17. The van der Waals surface area contributed by atoms with E-state index in [1.807, 2.05) is 35.7 Å². The minimum absolute atomic E-state index is 0.0159. The van der Waals surface area contributed by atoms with Crippen LogP contribution in [0.15, 0.2) is 53.9 Å². The number of thiazole rings is 1. The van der Waals surface area contributed by atoms with Crippen LogP contribution in [0.1, 0.15) is 29.9 Å². The van der Waals surface area contributed by atoms with Crippen LogP contribution in [0.4, 0.5) is 11.4 Å². The molecule has 0 aliphatic heterocycles. The number of nitrogens with one attached hydrogen (secondary N) is 2. The van der Waals surface area contributed by atoms with Gasteiger partial charge in [-0.05, 0) is 18.2 Å². The number of ether oxygens (including phenoxy) is 1. The van der Waals surface area contributed by atoms with Crippen LogP contribution < -0.4 is 10.6 Å². The smallest absolute Gasteiger partial charge is 0.338 e. The molecule has 7 nitrogen and oxygen atoms in total. The predicted molar refractivity (Wildman–Crippen MR) is 112 cm³/mol. The third-order valence-corrected chi connectivity index (χ3v) is 4.67. The molecule has 8 heteroatoms. The molecule has 1 heterocycles. The molecular weight excluding hydrogens is 390 g/mol. The molecule has 0 aliphatic carbocycles. The van der Waals surface area contributed by atoms with Crippen molar-refractivity contribution in [3.05, 3.63) is 65.2 Å². The first-order valence-electron chi connectivity index (χ1n) is 8.78. The quantitative estimate of drug-likeness (QED) is 0.598. The maximum Gasteiger partial charge on any atom is 0.338 e. The van der Waals surface area contributed by atoms with Gasteiger partial charge in [0.15, 0.2) is 0 Å². The predicted octanol–water partition coefficient (Wildman–Crippen LogP) is 4.08. The van der Waals surface area contributed by atoms with E-state index < -0.39 is 5.97 Å². The number of rotatable bonds is 6. The largest absolute Gasteiger partial charge is 0.456 e. The summed E-state index contributed by atoms with van der Waals surface area (Å²) in [6.07, 6.45) is 0. The van der Waals surface area contributed by atoms with E-state index in [0.717, 1.165) is 10.6 Å². The van der Waals surface area contributed by atoms with Crippen molar-refractivity contribution in [2.75, 3.05) is 10.6 Å². The molecule has 29 heavy (non-hydrogen) atoms. The third-order valence-electron chi connectivity index (χ3n) is 3.73. The van der Waals surface area contributed by atoms with E-state index in [0.29, 0.717) is 17.1 Å². The van der Waals surface area contributed by atoms with Gasteiger partial charge in [-0.2, -0.15) is 0 Å². The number of hydrogen-bond donors (Lipinski definition) is 2. The van der Waals surface area contributed by atoms with Crippen molar-refractivity contribution in [2.45, 2.75) is 20.5 Å². The Balaban J connectivity index is 1.72. The lowest BCUT2D eigenvalue weighted by atomic mass is 10.1. The minimum atomic E-state index is -0.585. The average Bonchev–Trinajstić information content (AvgIpc) is 3.14. The molecule has 0 unspecified atom stereocenters. The first-order chi connectivity index (χ1) is 13.9. The molecule has 2 amide bonds. The van der Waals surface area contributed by atoms with Gasteiger partial charge >= 0.3 is 5.97 Å². The van der Waals surface area contributed by atoms with Crippen LogP contribution in [0, 0.1) is 0 Å². The second-order valence-corrected chi connectivity index (χ2v) is 7.11. The number of hydrogen-bond acceptors (Lipinski definition) is 6. The minimum Gasteiger partial charge on any atom is -0.456 e. The van der Waals surface area contributed by atoms with Crippen molar-refractivity contribution in [1.29, 1.82) is 0 Å². The van der Waals surface area contributed by atoms with E-state index in [2.05, 4.69) is 15.6 Å². The number of nitrogens with zero attached hydrogens (tertiary/aromatic N) is 1. The molecule has 2 aromatic carbocycles. The summed E-state index contributed by atoms with van der Waals surface area (Å²) in [4.78, 5) is 39.7. The van der Waals surface area contributed by atoms with Crippen LogP contribution in [0.25, 0.3) is 10.6 Å². The Hall–Kier alpha value is -3.52. The van der Waals surface area contributed by atoms with Crippen LogP contribution in [-0.2, 0) is 20.9 Å². The highest BCUT2D eigenvalue weighted by atomic mass is 32.1. The highest BCUT2D eigenvalue weighted by molar-refractivity contribution is 7.13. The summed E-state index contributed by atoms with van der Waals surface area (Å²) in [7, 11) is 0. The molecule has 148 valence electrons.